The van der Waals surface area contributed by atoms with Gasteiger partial charge in [-0.1, -0.05) is 43.4 Å². The van der Waals surface area contributed by atoms with Crippen LogP contribution in [0.4, 0.5) is 5.82 Å². The maximum atomic E-state index is 12.6. The monoisotopic (exact) mass is 352 g/mol. The third-order valence-corrected chi connectivity index (χ3v) is 4.65. The van der Waals surface area contributed by atoms with E-state index in [0.29, 0.717) is 5.56 Å². The van der Waals surface area contributed by atoms with E-state index in [9.17, 15) is 9.59 Å². The van der Waals surface area contributed by atoms with Crippen molar-refractivity contribution in [3.63, 3.8) is 0 Å². The summed E-state index contributed by atoms with van der Waals surface area (Å²) < 4.78 is 0. The first-order valence-corrected chi connectivity index (χ1v) is 9.13. The lowest BCUT2D eigenvalue weighted by molar-refractivity contribution is 0.0929. The zero-order valence-corrected chi connectivity index (χ0v) is 15.0. The standard InChI is InChI=1S/C20H24N4O2/c1-14-8-10-15(11-9-14)19(25)24-18-17(21-12-13-22-18)20(26)23-16-6-4-2-3-5-7-16/h8-13,16H,2-7H2,1H3,(H,23,26)(H,22,24,25). The van der Waals surface area contributed by atoms with Crippen LogP contribution in [0, 0.1) is 6.92 Å². The number of carbonyl (C=O) groups excluding carboxylic acids is 2. The summed E-state index contributed by atoms with van der Waals surface area (Å²) in [5.74, 6) is -0.414. The van der Waals surface area contributed by atoms with Crippen LogP contribution in [0.5, 0.6) is 0 Å². The van der Waals surface area contributed by atoms with Gasteiger partial charge in [0.25, 0.3) is 11.8 Å². The second-order valence-corrected chi connectivity index (χ2v) is 6.74. The molecule has 2 aromatic rings. The smallest absolute Gasteiger partial charge is 0.273 e. The van der Waals surface area contributed by atoms with Gasteiger partial charge in [0.05, 0.1) is 0 Å². The topological polar surface area (TPSA) is 84.0 Å². The van der Waals surface area contributed by atoms with Crippen LogP contribution in [-0.4, -0.2) is 27.8 Å². The van der Waals surface area contributed by atoms with Gasteiger partial charge in [-0.2, -0.15) is 0 Å². The Balaban J connectivity index is 1.71. The van der Waals surface area contributed by atoms with Crippen LogP contribution in [-0.2, 0) is 0 Å². The molecule has 1 saturated carbocycles. The molecule has 3 rings (SSSR count). The minimum Gasteiger partial charge on any atom is -0.348 e. The van der Waals surface area contributed by atoms with Gasteiger partial charge in [0.2, 0.25) is 0 Å². The number of aryl methyl sites for hydroxylation is 1. The molecule has 0 spiro atoms. The first-order valence-electron chi connectivity index (χ1n) is 9.13. The number of hydrogen-bond donors (Lipinski definition) is 2. The third kappa shape index (κ3) is 4.65. The normalized spacial score (nSPS) is 15.1. The Bertz CT molecular complexity index is 766. The lowest BCUT2D eigenvalue weighted by Crippen LogP contribution is -2.35. The Morgan fingerprint density at radius 2 is 1.58 bits per heavy atom. The van der Waals surface area contributed by atoms with E-state index in [0.717, 1.165) is 31.2 Å². The van der Waals surface area contributed by atoms with Gasteiger partial charge in [-0.05, 0) is 31.9 Å². The number of benzene rings is 1. The third-order valence-electron chi connectivity index (χ3n) is 4.65. The molecule has 2 N–H and O–H groups in total. The van der Waals surface area contributed by atoms with Crippen molar-refractivity contribution in [3.8, 4) is 0 Å². The van der Waals surface area contributed by atoms with E-state index in [-0.39, 0.29) is 29.4 Å². The number of amides is 2. The second-order valence-electron chi connectivity index (χ2n) is 6.74. The predicted octanol–water partition coefficient (Wildman–Crippen LogP) is 3.49. The summed E-state index contributed by atoms with van der Waals surface area (Å²) in [5, 5.41) is 5.75. The van der Waals surface area contributed by atoms with Crippen molar-refractivity contribution in [1.29, 1.82) is 0 Å². The molecule has 1 aromatic heterocycles. The van der Waals surface area contributed by atoms with Crippen molar-refractivity contribution in [2.24, 2.45) is 0 Å². The average Bonchev–Trinajstić information content (AvgIpc) is 2.91. The Hall–Kier alpha value is -2.76. The highest BCUT2D eigenvalue weighted by molar-refractivity contribution is 6.07. The molecule has 0 aliphatic heterocycles. The van der Waals surface area contributed by atoms with Crippen molar-refractivity contribution in [2.45, 2.75) is 51.5 Å². The summed E-state index contributed by atoms with van der Waals surface area (Å²) in [4.78, 5) is 33.3. The first-order chi connectivity index (χ1) is 12.6. The average molecular weight is 352 g/mol. The molecule has 6 nitrogen and oxygen atoms in total. The number of rotatable bonds is 4. The van der Waals surface area contributed by atoms with Crippen LogP contribution < -0.4 is 10.6 Å². The fourth-order valence-corrected chi connectivity index (χ4v) is 3.16. The van der Waals surface area contributed by atoms with Gasteiger partial charge in [-0.3, -0.25) is 9.59 Å². The molecule has 0 saturated heterocycles. The minimum atomic E-state index is -0.311. The van der Waals surface area contributed by atoms with Gasteiger partial charge < -0.3 is 10.6 Å². The van der Waals surface area contributed by atoms with Gasteiger partial charge in [0.15, 0.2) is 11.5 Å². The highest BCUT2D eigenvalue weighted by Crippen LogP contribution is 2.18. The zero-order valence-electron chi connectivity index (χ0n) is 15.0. The van der Waals surface area contributed by atoms with Crippen LogP contribution in [0.15, 0.2) is 36.7 Å². The molecule has 0 bridgehead atoms. The maximum absolute atomic E-state index is 12.6. The molecule has 1 aliphatic carbocycles. The van der Waals surface area contributed by atoms with Crippen LogP contribution in [0.3, 0.4) is 0 Å². The summed E-state index contributed by atoms with van der Waals surface area (Å²) in [5.41, 5.74) is 1.73. The van der Waals surface area contributed by atoms with Crippen LogP contribution in [0.25, 0.3) is 0 Å². The van der Waals surface area contributed by atoms with E-state index >= 15 is 0 Å². The Morgan fingerprint density at radius 1 is 0.923 bits per heavy atom. The summed E-state index contributed by atoms with van der Waals surface area (Å²) in [6, 6.07) is 7.38. The van der Waals surface area contributed by atoms with Crippen LogP contribution >= 0.6 is 0 Å². The number of carbonyl (C=O) groups is 2. The van der Waals surface area contributed by atoms with Crippen molar-refractivity contribution in [1.82, 2.24) is 15.3 Å². The van der Waals surface area contributed by atoms with E-state index in [4.69, 9.17) is 0 Å². The summed E-state index contributed by atoms with van der Waals surface area (Å²) in [6.07, 6.45) is 9.58. The fourth-order valence-electron chi connectivity index (χ4n) is 3.16. The maximum Gasteiger partial charge on any atom is 0.273 e. The van der Waals surface area contributed by atoms with E-state index in [1.54, 1.807) is 12.1 Å². The van der Waals surface area contributed by atoms with Crippen molar-refractivity contribution >= 4 is 17.6 Å². The van der Waals surface area contributed by atoms with Gasteiger partial charge in [0, 0.05) is 24.0 Å². The highest BCUT2D eigenvalue weighted by atomic mass is 16.2. The number of hydrogen-bond acceptors (Lipinski definition) is 4. The van der Waals surface area contributed by atoms with Crippen LogP contribution in [0.2, 0.25) is 0 Å². The van der Waals surface area contributed by atoms with Crippen molar-refractivity contribution in [3.05, 3.63) is 53.5 Å². The van der Waals surface area contributed by atoms with Gasteiger partial charge in [-0.25, -0.2) is 9.97 Å². The molecule has 1 fully saturated rings. The van der Waals surface area contributed by atoms with Crippen LogP contribution in [0.1, 0.15) is 64.9 Å². The van der Waals surface area contributed by atoms with Crippen molar-refractivity contribution < 1.29 is 9.59 Å². The van der Waals surface area contributed by atoms with E-state index in [1.807, 2.05) is 19.1 Å². The predicted molar refractivity (Wildman–Crippen MR) is 100 cm³/mol. The molecular formula is C20H24N4O2. The molecule has 6 heteroatoms. The molecule has 1 aromatic carbocycles. The number of aromatic nitrogens is 2. The molecule has 136 valence electrons. The largest absolute Gasteiger partial charge is 0.348 e. The van der Waals surface area contributed by atoms with Gasteiger partial charge >= 0.3 is 0 Å². The number of nitrogens with zero attached hydrogens (tertiary/aromatic N) is 2. The van der Waals surface area contributed by atoms with E-state index in [1.165, 1.54) is 25.2 Å². The molecule has 1 heterocycles. The Kier molecular flexibility index (Phi) is 5.94. The Labute approximate surface area is 153 Å². The molecule has 26 heavy (non-hydrogen) atoms. The minimum absolute atomic E-state index is 0.150. The lowest BCUT2D eigenvalue weighted by atomic mass is 10.1. The quantitative estimate of drug-likeness (QED) is 0.825. The van der Waals surface area contributed by atoms with Crippen molar-refractivity contribution in [2.75, 3.05) is 5.32 Å². The fraction of sp³-hybridized carbons (Fsp3) is 0.400. The number of anilines is 1. The van der Waals surface area contributed by atoms with E-state index in [2.05, 4.69) is 20.6 Å². The molecule has 0 radical (unpaired) electrons. The highest BCUT2D eigenvalue weighted by Gasteiger charge is 2.20. The van der Waals surface area contributed by atoms with E-state index < -0.39 is 0 Å². The van der Waals surface area contributed by atoms with Gasteiger partial charge in [-0.15, -0.1) is 0 Å². The zero-order chi connectivity index (χ0) is 18.4. The lowest BCUT2D eigenvalue weighted by Gasteiger charge is -2.16. The molecule has 0 atom stereocenters. The first kappa shape index (κ1) is 18.0. The molecule has 0 unspecified atom stereocenters. The summed E-state index contributed by atoms with van der Waals surface area (Å²) >= 11 is 0. The number of nitrogens with one attached hydrogen (secondary N) is 2. The van der Waals surface area contributed by atoms with Gasteiger partial charge in [0.1, 0.15) is 0 Å². The molecular weight excluding hydrogens is 328 g/mol. The molecule has 1 aliphatic rings. The second kappa shape index (κ2) is 8.56. The Morgan fingerprint density at radius 3 is 2.27 bits per heavy atom. The summed E-state index contributed by atoms with van der Waals surface area (Å²) in [7, 11) is 0. The summed E-state index contributed by atoms with van der Waals surface area (Å²) in [6.45, 7) is 1.96. The SMILES string of the molecule is Cc1ccc(C(=O)Nc2nccnc2C(=O)NC2CCCCCC2)cc1. The molecule has 2 amide bonds.